The Balaban J connectivity index is 2.48. The zero-order chi connectivity index (χ0) is 8.32. The van der Waals surface area contributed by atoms with Crippen molar-refractivity contribution in [2.75, 3.05) is 5.75 Å². The average molecular weight is 193 g/mol. The summed E-state index contributed by atoms with van der Waals surface area (Å²) < 4.78 is 32.8. The van der Waals surface area contributed by atoms with E-state index in [1.54, 1.807) is 11.4 Å². The monoisotopic (exact) mass is 193 g/mol. The number of aromatic nitrogens is 1. The first-order valence-corrected chi connectivity index (χ1v) is 5.37. The molecule has 62 valence electrons. The summed E-state index contributed by atoms with van der Waals surface area (Å²) in [5.41, 5.74) is 0.702. The van der Waals surface area contributed by atoms with Crippen LogP contribution in [0.5, 0.6) is 0 Å². The van der Waals surface area contributed by atoms with Crippen molar-refractivity contribution in [3.8, 4) is 0 Å². The van der Waals surface area contributed by atoms with E-state index >= 15 is 0 Å². The number of hydrogen-bond donors (Lipinski definition) is 1. The van der Waals surface area contributed by atoms with Crippen LogP contribution in [0.3, 0.4) is 0 Å². The molecule has 11 heavy (non-hydrogen) atoms. The molecule has 0 aromatic carbocycles. The Kier molecular flexibility index (Phi) is 2.58. The summed E-state index contributed by atoms with van der Waals surface area (Å²) >= 11 is 1.26. The van der Waals surface area contributed by atoms with E-state index in [1.807, 2.05) is 0 Å². The van der Waals surface area contributed by atoms with Gasteiger partial charge in [-0.25, -0.2) is 0 Å². The van der Waals surface area contributed by atoms with Gasteiger partial charge in [-0.05, 0) is 17.6 Å². The molecule has 0 bridgehead atoms. The van der Waals surface area contributed by atoms with Crippen LogP contribution in [0, 0.1) is 0 Å². The lowest BCUT2D eigenvalue weighted by Gasteiger charge is -1.91. The van der Waals surface area contributed by atoms with Gasteiger partial charge in [0.1, 0.15) is 0 Å². The summed E-state index contributed by atoms with van der Waals surface area (Å²) in [6, 6.07) is 1.73. The Morgan fingerprint density at radius 3 is 2.82 bits per heavy atom. The van der Waals surface area contributed by atoms with Crippen LogP contribution in [0.2, 0.25) is 0 Å². The molecule has 1 N–H and O–H groups in total. The molecule has 0 atom stereocenters. The molecule has 0 aliphatic rings. The maximum absolute atomic E-state index is 10.3. The molecule has 0 aliphatic carbocycles. The minimum atomic E-state index is -3.84. The van der Waals surface area contributed by atoms with Gasteiger partial charge in [0, 0.05) is 11.8 Å². The summed E-state index contributed by atoms with van der Waals surface area (Å²) in [4.78, 5) is 0. The van der Waals surface area contributed by atoms with E-state index in [1.165, 1.54) is 11.5 Å². The molecule has 0 amide bonds. The van der Waals surface area contributed by atoms with Gasteiger partial charge in [0.15, 0.2) is 0 Å². The van der Waals surface area contributed by atoms with Gasteiger partial charge in [0.25, 0.3) is 10.1 Å². The van der Waals surface area contributed by atoms with Crippen molar-refractivity contribution in [2.45, 2.75) is 6.42 Å². The van der Waals surface area contributed by atoms with Crippen LogP contribution in [0.15, 0.2) is 11.4 Å². The second-order valence-electron chi connectivity index (χ2n) is 2.03. The van der Waals surface area contributed by atoms with Crippen molar-refractivity contribution < 1.29 is 13.0 Å². The van der Waals surface area contributed by atoms with E-state index in [2.05, 4.69) is 4.37 Å². The first kappa shape index (κ1) is 8.63. The van der Waals surface area contributed by atoms with Gasteiger partial charge in [-0.3, -0.25) is 4.55 Å². The van der Waals surface area contributed by atoms with Crippen LogP contribution < -0.4 is 0 Å². The van der Waals surface area contributed by atoms with Crippen LogP contribution in [0.25, 0.3) is 0 Å². The molecule has 1 rings (SSSR count). The Hall–Kier alpha value is -0.460. The highest BCUT2D eigenvalue weighted by molar-refractivity contribution is 7.85. The summed E-state index contributed by atoms with van der Waals surface area (Å²) in [5.74, 6) is -0.253. The molecule has 0 fully saturated rings. The van der Waals surface area contributed by atoms with E-state index in [0.717, 1.165) is 0 Å². The zero-order valence-corrected chi connectivity index (χ0v) is 7.23. The molecule has 0 unspecified atom stereocenters. The first-order valence-electron chi connectivity index (χ1n) is 2.92. The number of rotatable bonds is 3. The highest BCUT2D eigenvalue weighted by Crippen LogP contribution is 2.01. The predicted molar refractivity (Wildman–Crippen MR) is 42.2 cm³/mol. The molecule has 0 aliphatic heterocycles. The maximum atomic E-state index is 10.3. The predicted octanol–water partition coefficient (Wildman–Crippen LogP) is 0.573. The lowest BCUT2D eigenvalue weighted by atomic mass is 10.3. The van der Waals surface area contributed by atoms with Gasteiger partial charge >= 0.3 is 0 Å². The van der Waals surface area contributed by atoms with Gasteiger partial charge in [0.2, 0.25) is 0 Å². The van der Waals surface area contributed by atoms with E-state index in [9.17, 15) is 8.42 Å². The average Bonchev–Trinajstić information content (AvgIpc) is 2.32. The first-order chi connectivity index (χ1) is 5.08. The van der Waals surface area contributed by atoms with Crippen molar-refractivity contribution in [1.29, 1.82) is 0 Å². The number of hydrogen-bond acceptors (Lipinski definition) is 4. The van der Waals surface area contributed by atoms with Crippen LogP contribution >= 0.6 is 11.5 Å². The fraction of sp³-hybridized carbons (Fsp3) is 0.400. The molecule has 0 spiro atoms. The maximum Gasteiger partial charge on any atom is 0.265 e. The summed E-state index contributed by atoms with van der Waals surface area (Å²) in [7, 11) is -3.84. The standard InChI is InChI=1S/C5H7NO3S2/c7-11(8,9)4-2-5-1-3-10-6-5/h1,3H,2,4H2,(H,7,8,9). The van der Waals surface area contributed by atoms with Gasteiger partial charge < -0.3 is 0 Å². The molecule has 1 aromatic rings. The normalized spacial score (nSPS) is 11.7. The molecule has 6 heteroatoms. The smallest absolute Gasteiger partial charge is 0.265 e. The van der Waals surface area contributed by atoms with Crippen molar-refractivity contribution >= 4 is 21.7 Å². The number of nitrogens with zero attached hydrogens (tertiary/aromatic N) is 1. The Morgan fingerprint density at radius 1 is 1.64 bits per heavy atom. The third kappa shape index (κ3) is 3.45. The zero-order valence-electron chi connectivity index (χ0n) is 5.60. The SMILES string of the molecule is O=S(=O)(O)CCc1ccsn1. The van der Waals surface area contributed by atoms with E-state index in [0.29, 0.717) is 5.69 Å². The lowest BCUT2D eigenvalue weighted by molar-refractivity contribution is 0.482. The fourth-order valence-corrected chi connectivity index (χ4v) is 1.63. The van der Waals surface area contributed by atoms with Crippen molar-refractivity contribution in [1.82, 2.24) is 4.37 Å². The Morgan fingerprint density at radius 2 is 2.36 bits per heavy atom. The van der Waals surface area contributed by atoms with Crippen LogP contribution in [-0.2, 0) is 16.5 Å². The summed E-state index contributed by atoms with van der Waals surface area (Å²) in [5, 5.41) is 1.76. The quantitative estimate of drug-likeness (QED) is 0.713. The van der Waals surface area contributed by atoms with Crippen LogP contribution in [-0.4, -0.2) is 23.1 Å². The van der Waals surface area contributed by atoms with Crippen molar-refractivity contribution in [2.24, 2.45) is 0 Å². The van der Waals surface area contributed by atoms with Gasteiger partial charge in [-0.2, -0.15) is 12.8 Å². The minimum absolute atomic E-state index is 0.253. The highest BCUT2D eigenvalue weighted by Gasteiger charge is 2.05. The number of aryl methyl sites for hydroxylation is 1. The third-order valence-electron chi connectivity index (χ3n) is 1.11. The molecule has 1 aromatic heterocycles. The van der Waals surface area contributed by atoms with Crippen LogP contribution in [0.4, 0.5) is 0 Å². The Labute approximate surface area is 68.8 Å². The lowest BCUT2D eigenvalue weighted by Crippen LogP contribution is -2.06. The summed E-state index contributed by atoms with van der Waals surface area (Å²) in [6.45, 7) is 0. The fourth-order valence-electron chi connectivity index (χ4n) is 0.600. The van der Waals surface area contributed by atoms with Gasteiger partial charge in [-0.1, -0.05) is 0 Å². The van der Waals surface area contributed by atoms with Crippen molar-refractivity contribution in [3.05, 3.63) is 17.1 Å². The molecule has 0 radical (unpaired) electrons. The van der Waals surface area contributed by atoms with E-state index < -0.39 is 10.1 Å². The van der Waals surface area contributed by atoms with Gasteiger partial charge in [0.05, 0.1) is 11.4 Å². The molecule has 4 nitrogen and oxygen atoms in total. The second-order valence-corrected chi connectivity index (χ2v) is 4.26. The largest absolute Gasteiger partial charge is 0.286 e. The third-order valence-corrected chi connectivity index (χ3v) is 2.43. The minimum Gasteiger partial charge on any atom is -0.286 e. The Bertz CT molecular complexity index is 302. The molecular weight excluding hydrogens is 186 g/mol. The van der Waals surface area contributed by atoms with Gasteiger partial charge in [-0.15, -0.1) is 0 Å². The van der Waals surface area contributed by atoms with E-state index in [4.69, 9.17) is 4.55 Å². The summed E-state index contributed by atoms with van der Waals surface area (Å²) in [6.07, 6.45) is 0.280. The van der Waals surface area contributed by atoms with E-state index in [-0.39, 0.29) is 12.2 Å². The molecular formula is C5H7NO3S2. The second kappa shape index (κ2) is 3.29. The van der Waals surface area contributed by atoms with Crippen LogP contribution in [0.1, 0.15) is 5.69 Å². The molecule has 0 saturated carbocycles. The molecule has 0 saturated heterocycles. The van der Waals surface area contributed by atoms with Crippen molar-refractivity contribution in [3.63, 3.8) is 0 Å². The highest BCUT2D eigenvalue weighted by atomic mass is 32.2. The topological polar surface area (TPSA) is 67.3 Å². The molecule has 1 heterocycles.